The number of halogens is 1. The van der Waals surface area contributed by atoms with E-state index < -0.39 is 0 Å². The van der Waals surface area contributed by atoms with Crippen molar-refractivity contribution in [3.8, 4) is 0 Å². The molecule has 0 atom stereocenters. The maximum atomic E-state index is 3.55. The van der Waals surface area contributed by atoms with Crippen LogP contribution in [0.25, 0.3) is 10.9 Å². The highest BCUT2D eigenvalue weighted by Crippen LogP contribution is 2.30. The monoisotopic (exact) mass is 236 g/mol. The molecule has 2 nitrogen and oxygen atoms in total. The maximum Gasteiger partial charge on any atom is 0.0604 e. The number of nitrogens with one attached hydrogen (secondary N) is 2. The second kappa shape index (κ2) is 2.59. The van der Waals surface area contributed by atoms with Crippen molar-refractivity contribution in [2.75, 3.05) is 0 Å². The van der Waals surface area contributed by atoms with E-state index in [1.54, 1.807) is 0 Å². The van der Waals surface area contributed by atoms with Gasteiger partial charge in [0.05, 0.1) is 5.52 Å². The molecule has 3 heteroatoms. The number of para-hydroxylation sites is 1. The van der Waals surface area contributed by atoms with E-state index in [2.05, 4.69) is 44.4 Å². The summed E-state index contributed by atoms with van der Waals surface area (Å²) in [7, 11) is 0. The standard InChI is InChI=1S/C10H9BrN2/c11-8-3-1-2-6-7-4-12-5-9(7)13-10(6)8/h1-3,12-13H,4-5H2. The fraction of sp³-hybridized carbons (Fsp3) is 0.200. The van der Waals surface area contributed by atoms with Crippen LogP contribution < -0.4 is 5.32 Å². The summed E-state index contributed by atoms with van der Waals surface area (Å²) < 4.78 is 1.15. The van der Waals surface area contributed by atoms with Crippen LogP contribution in [0.2, 0.25) is 0 Å². The fourth-order valence-corrected chi connectivity index (χ4v) is 2.42. The lowest BCUT2D eigenvalue weighted by Gasteiger charge is -1.96. The van der Waals surface area contributed by atoms with Crippen molar-refractivity contribution in [2.24, 2.45) is 0 Å². The Morgan fingerprint density at radius 3 is 3.08 bits per heavy atom. The maximum absolute atomic E-state index is 3.55. The predicted molar refractivity (Wildman–Crippen MR) is 56.5 cm³/mol. The predicted octanol–water partition coefficient (Wildman–Crippen LogP) is 2.53. The van der Waals surface area contributed by atoms with Gasteiger partial charge in [0, 0.05) is 28.6 Å². The lowest BCUT2D eigenvalue weighted by Crippen LogP contribution is -2.01. The smallest absolute Gasteiger partial charge is 0.0604 e. The molecule has 2 aromatic rings. The average molecular weight is 237 g/mol. The van der Waals surface area contributed by atoms with Crippen LogP contribution in [-0.4, -0.2) is 4.98 Å². The van der Waals surface area contributed by atoms with E-state index in [0.717, 1.165) is 17.6 Å². The van der Waals surface area contributed by atoms with Gasteiger partial charge in [-0.1, -0.05) is 12.1 Å². The summed E-state index contributed by atoms with van der Waals surface area (Å²) in [6.45, 7) is 1.96. The van der Waals surface area contributed by atoms with Gasteiger partial charge in [0.1, 0.15) is 0 Å². The fourth-order valence-electron chi connectivity index (χ4n) is 1.96. The van der Waals surface area contributed by atoms with Gasteiger partial charge in [-0.25, -0.2) is 0 Å². The number of H-pyrrole nitrogens is 1. The zero-order valence-corrected chi connectivity index (χ0v) is 8.61. The first-order valence-corrected chi connectivity index (χ1v) is 5.14. The number of hydrogen-bond acceptors (Lipinski definition) is 1. The van der Waals surface area contributed by atoms with Crippen LogP contribution in [0, 0.1) is 0 Å². The second-order valence-electron chi connectivity index (χ2n) is 3.35. The Labute approximate surface area is 84.5 Å². The third kappa shape index (κ3) is 0.974. The van der Waals surface area contributed by atoms with Crippen molar-refractivity contribution >= 4 is 26.8 Å². The summed E-state index contributed by atoms with van der Waals surface area (Å²) in [6, 6.07) is 6.32. The Morgan fingerprint density at radius 1 is 1.23 bits per heavy atom. The van der Waals surface area contributed by atoms with Gasteiger partial charge in [0.2, 0.25) is 0 Å². The molecular weight excluding hydrogens is 228 g/mol. The van der Waals surface area contributed by atoms with Gasteiger partial charge in [-0.3, -0.25) is 0 Å². The molecule has 3 rings (SSSR count). The third-order valence-corrected chi connectivity index (χ3v) is 3.24. The van der Waals surface area contributed by atoms with E-state index >= 15 is 0 Å². The van der Waals surface area contributed by atoms with E-state index in [1.807, 2.05) is 0 Å². The first-order chi connectivity index (χ1) is 6.36. The zero-order valence-electron chi connectivity index (χ0n) is 7.02. The van der Waals surface area contributed by atoms with Gasteiger partial charge >= 0.3 is 0 Å². The largest absolute Gasteiger partial charge is 0.356 e. The molecule has 0 radical (unpaired) electrons. The number of fused-ring (bicyclic) bond motifs is 3. The van der Waals surface area contributed by atoms with Crippen LogP contribution in [0.5, 0.6) is 0 Å². The van der Waals surface area contributed by atoms with Crippen molar-refractivity contribution in [1.29, 1.82) is 0 Å². The molecule has 1 aliphatic rings. The molecule has 1 aromatic heterocycles. The van der Waals surface area contributed by atoms with Crippen molar-refractivity contribution in [1.82, 2.24) is 10.3 Å². The number of aromatic nitrogens is 1. The zero-order chi connectivity index (χ0) is 8.84. The molecule has 0 saturated carbocycles. The highest BCUT2D eigenvalue weighted by Gasteiger charge is 2.16. The Kier molecular flexibility index (Phi) is 1.51. The quantitative estimate of drug-likeness (QED) is 0.723. The van der Waals surface area contributed by atoms with E-state index in [0.29, 0.717) is 0 Å². The molecule has 1 aliphatic heterocycles. The SMILES string of the molecule is Brc1cccc2c3c([nH]c12)CNC3. The summed E-state index contributed by atoms with van der Waals surface area (Å²) in [5.74, 6) is 0. The summed E-state index contributed by atoms with van der Waals surface area (Å²) in [6.07, 6.45) is 0. The van der Waals surface area contributed by atoms with E-state index in [-0.39, 0.29) is 0 Å². The lowest BCUT2D eigenvalue weighted by atomic mass is 10.1. The van der Waals surface area contributed by atoms with Gasteiger partial charge in [0.25, 0.3) is 0 Å². The number of benzene rings is 1. The normalized spacial score (nSPS) is 15.2. The minimum absolute atomic E-state index is 0.969. The molecule has 0 bridgehead atoms. The van der Waals surface area contributed by atoms with Crippen LogP contribution in [0.15, 0.2) is 22.7 Å². The van der Waals surface area contributed by atoms with Gasteiger partial charge < -0.3 is 10.3 Å². The Hall–Kier alpha value is -0.800. The van der Waals surface area contributed by atoms with Crippen LogP contribution in [0.4, 0.5) is 0 Å². The van der Waals surface area contributed by atoms with E-state index in [1.165, 1.54) is 22.2 Å². The Bertz CT molecular complexity index is 473. The first kappa shape index (κ1) is 7.59. The molecule has 13 heavy (non-hydrogen) atoms. The van der Waals surface area contributed by atoms with Crippen LogP contribution in [-0.2, 0) is 13.1 Å². The molecule has 0 fully saturated rings. The van der Waals surface area contributed by atoms with E-state index in [9.17, 15) is 0 Å². The summed E-state index contributed by atoms with van der Waals surface area (Å²) in [4.78, 5) is 3.43. The molecule has 0 unspecified atom stereocenters. The van der Waals surface area contributed by atoms with Gasteiger partial charge in [0.15, 0.2) is 0 Å². The second-order valence-corrected chi connectivity index (χ2v) is 4.20. The summed E-state index contributed by atoms with van der Waals surface area (Å²) in [5, 5.41) is 4.67. The lowest BCUT2D eigenvalue weighted by molar-refractivity contribution is 0.757. The number of hydrogen-bond donors (Lipinski definition) is 2. The molecule has 2 heterocycles. The van der Waals surface area contributed by atoms with Gasteiger partial charge in [-0.05, 0) is 27.6 Å². The Morgan fingerprint density at radius 2 is 2.15 bits per heavy atom. The van der Waals surface area contributed by atoms with Crippen molar-refractivity contribution in [3.63, 3.8) is 0 Å². The van der Waals surface area contributed by atoms with Gasteiger partial charge in [-0.2, -0.15) is 0 Å². The minimum atomic E-state index is 0.969. The topological polar surface area (TPSA) is 27.8 Å². The molecule has 0 aliphatic carbocycles. The third-order valence-electron chi connectivity index (χ3n) is 2.58. The van der Waals surface area contributed by atoms with Crippen molar-refractivity contribution in [3.05, 3.63) is 33.9 Å². The minimum Gasteiger partial charge on any atom is -0.356 e. The summed E-state index contributed by atoms with van der Waals surface area (Å²) >= 11 is 3.55. The molecule has 66 valence electrons. The molecule has 1 aromatic carbocycles. The first-order valence-electron chi connectivity index (χ1n) is 4.35. The molecule has 2 N–H and O–H groups in total. The Balaban J connectivity index is 2.44. The average Bonchev–Trinajstić information content (AvgIpc) is 2.65. The van der Waals surface area contributed by atoms with Crippen molar-refractivity contribution < 1.29 is 0 Å². The van der Waals surface area contributed by atoms with E-state index in [4.69, 9.17) is 0 Å². The van der Waals surface area contributed by atoms with Crippen LogP contribution in [0.1, 0.15) is 11.3 Å². The van der Waals surface area contributed by atoms with Crippen molar-refractivity contribution in [2.45, 2.75) is 13.1 Å². The number of rotatable bonds is 0. The number of aromatic amines is 1. The van der Waals surface area contributed by atoms with Gasteiger partial charge in [-0.15, -0.1) is 0 Å². The highest BCUT2D eigenvalue weighted by molar-refractivity contribution is 9.10. The molecular formula is C10H9BrN2. The molecule has 0 spiro atoms. The molecule has 0 amide bonds. The van der Waals surface area contributed by atoms with Crippen LogP contribution >= 0.6 is 15.9 Å². The molecule has 0 saturated heterocycles. The highest BCUT2D eigenvalue weighted by atomic mass is 79.9. The van der Waals surface area contributed by atoms with Crippen LogP contribution in [0.3, 0.4) is 0 Å². The summed E-state index contributed by atoms with van der Waals surface area (Å²) in [5.41, 5.74) is 3.99.